The van der Waals surface area contributed by atoms with E-state index in [1.807, 2.05) is 36.4 Å². The molecule has 0 aliphatic carbocycles. The highest BCUT2D eigenvalue weighted by atomic mass is 13.9. The van der Waals surface area contributed by atoms with Gasteiger partial charge in [-0.25, -0.2) is 0 Å². The molecule has 0 N–H and O–H groups in total. The normalized spacial score (nSPS) is 9.58. The van der Waals surface area contributed by atoms with E-state index >= 15 is 0 Å². The average molecular weight is 151 g/mol. The quantitative estimate of drug-likeness (QED) is 0.508. The van der Waals surface area contributed by atoms with Gasteiger partial charge in [0.25, 0.3) is 0 Å². The number of rotatable bonds is 0. The Kier molecular flexibility index (Phi) is 1.57. The minimum absolute atomic E-state index is 0.919. The van der Waals surface area contributed by atoms with Gasteiger partial charge in [-0.1, -0.05) is 30.2 Å². The molecule has 55 valence electrons. The minimum Gasteiger partial charge on any atom is -0.115 e. The number of benzene rings is 2. The molecular weight excluding hydrogens is 144 g/mol. The molecule has 0 heterocycles. The molecule has 0 amide bonds. The predicted octanol–water partition coefficient (Wildman–Crippen LogP) is 2.62. The van der Waals surface area contributed by atoms with Crippen LogP contribution >= 0.6 is 0 Å². The second-order valence-electron chi connectivity index (χ2n) is 2.62. The van der Waals surface area contributed by atoms with Gasteiger partial charge in [-0.15, -0.1) is 6.42 Å². The lowest BCUT2D eigenvalue weighted by atomic mass is 10.1. The Balaban J connectivity index is 2.78. The van der Waals surface area contributed by atoms with Crippen LogP contribution in [-0.4, -0.2) is 0 Å². The molecule has 0 nitrogen and oxygen atoms in total. The van der Waals surface area contributed by atoms with Crippen LogP contribution in [0.25, 0.3) is 10.8 Å². The van der Waals surface area contributed by atoms with Gasteiger partial charge >= 0.3 is 0 Å². The second kappa shape index (κ2) is 2.71. The van der Waals surface area contributed by atoms with Crippen LogP contribution in [0.3, 0.4) is 0 Å². The number of fused-ring (bicyclic) bond motifs is 1. The lowest BCUT2D eigenvalue weighted by molar-refractivity contribution is 1.69. The fraction of sp³-hybridized carbons (Fsp3) is 0. The molecule has 0 saturated carbocycles. The van der Waals surface area contributed by atoms with E-state index in [4.69, 9.17) is 6.42 Å². The largest absolute Gasteiger partial charge is 0.115 e. The van der Waals surface area contributed by atoms with Gasteiger partial charge in [0, 0.05) is 5.56 Å². The van der Waals surface area contributed by atoms with E-state index in [2.05, 4.69) is 12.0 Å². The first-order chi connectivity index (χ1) is 5.90. The van der Waals surface area contributed by atoms with Crippen molar-refractivity contribution in [3.8, 4) is 12.3 Å². The van der Waals surface area contributed by atoms with Crippen LogP contribution in [0.5, 0.6) is 0 Å². The Morgan fingerprint density at radius 2 is 2.17 bits per heavy atom. The summed E-state index contributed by atoms with van der Waals surface area (Å²) in [6.07, 6.45) is 5.28. The lowest BCUT2D eigenvalue weighted by Crippen LogP contribution is -1.75. The molecule has 0 aliphatic rings. The lowest BCUT2D eigenvalue weighted by Gasteiger charge is -1.95. The minimum atomic E-state index is 0.919. The van der Waals surface area contributed by atoms with Crippen molar-refractivity contribution in [2.24, 2.45) is 0 Å². The SMILES string of the molecule is C#Cc1ccc2[c]cccc2c1. The molecule has 0 bridgehead atoms. The molecule has 0 spiro atoms. The van der Waals surface area contributed by atoms with E-state index in [1.165, 1.54) is 0 Å². The van der Waals surface area contributed by atoms with Crippen molar-refractivity contribution < 1.29 is 0 Å². The summed E-state index contributed by atoms with van der Waals surface area (Å²) in [6, 6.07) is 14.9. The third-order valence-corrected chi connectivity index (χ3v) is 1.83. The highest BCUT2D eigenvalue weighted by Crippen LogP contribution is 2.13. The summed E-state index contributed by atoms with van der Waals surface area (Å²) in [5.41, 5.74) is 0.919. The molecule has 0 saturated heterocycles. The third kappa shape index (κ3) is 1.06. The summed E-state index contributed by atoms with van der Waals surface area (Å²) in [6.45, 7) is 0. The van der Waals surface area contributed by atoms with Gasteiger partial charge in [0.2, 0.25) is 0 Å². The molecule has 2 rings (SSSR count). The average Bonchev–Trinajstić information content (AvgIpc) is 2.17. The van der Waals surface area contributed by atoms with Crippen LogP contribution in [0.1, 0.15) is 5.56 Å². The number of hydrogen-bond donors (Lipinski definition) is 0. The topological polar surface area (TPSA) is 0 Å². The third-order valence-electron chi connectivity index (χ3n) is 1.83. The molecule has 12 heavy (non-hydrogen) atoms. The summed E-state index contributed by atoms with van der Waals surface area (Å²) >= 11 is 0. The monoisotopic (exact) mass is 151 g/mol. The maximum absolute atomic E-state index is 5.28. The summed E-state index contributed by atoms with van der Waals surface area (Å²) in [4.78, 5) is 0. The van der Waals surface area contributed by atoms with Crippen molar-refractivity contribution in [3.05, 3.63) is 48.0 Å². The molecule has 2 aromatic carbocycles. The molecule has 2 aromatic rings. The van der Waals surface area contributed by atoms with Gasteiger partial charge in [-0.3, -0.25) is 0 Å². The highest BCUT2D eigenvalue weighted by Gasteiger charge is 1.91. The zero-order chi connectivity index (χ0) is 8.39. The van der Waals surface area contributed by atoms with Crippen LogP contribution in [-0.2, 0) is 0 Å². The van der Waals surface area contributed by atoms with Crippen molar-refractivity contribution in [1.29, 1.82) is 0 Å². The van der Waals surface area contributed by atoms with Crippen molar-refractivity contribution in [2.45, 2.75) is 0 Å². The summed E-state index contributed by atoms with van der Waals surface area (Å²) in [7, 11) is 0. The Bertz CT molecular complexity index is 447. The predicted molar refractivity (Wildman–Crippen MR) is 50.7 cm³/mol. The van der Waals surface area contributed by atoms with Crippen molar-refractivity contribution in [3.63, 3.8) is 0 Å². The number of hydrogen-bond acceptors (Lipinski definition) is 0. The Hall–Kier alpha value is -1.74. The van der Waals surface area contributed by atoms with Crippen LogP contribution in [0.2, 0.25) is 0 Å². The van der Waals surface area contributed by atoms with E-state index in [1.54, 1.807) is 0 Å². The smallest absolute Gasteiger partial charge is 0.0248 e. The van der Waals surface area contributed by atoms with Gasteiger partial charge in [0.15, 0.2) is 0 Å². The van der Waals surface area contributed by atoms with E-state index in [0.717, 1.165) is 16.3 Å². The van der Waals surface area contributed by atoms with E-state index in [0.29, 0.717) is 0 Å². The molecule has 0 unspecified atom stereocenters. The van der Waals surface area contributed by atoms with Crippen LogP contribution in [0.4, 0.5) is 0 Å². The Morgan fingerprint density at radius 3 is 3.00 bits per heavy atom. The highest BCUT2D eigenvalue weighted by molar-refractivity contribution is 5.83. The molecule has 0 fully saturated rings. The maximum atomic E-state index is 5.28. The van der Waals surface area contributed by atoms with E-state index < -0.39 is 0 Å². The van der Waals surface area contributed by atoms with Gasteiger partial charge < -0.3 is 0 Å². The zero-order valence-electron chi connectivity index (χ0n) is 6.54. The first-order valence-corrected chi connectivity index (χ1v) is 3.77. The first kappa shape index (κ1) is 6.94. The fourth-order valence-corrected chi connectivity index (χ4v) is 1.21. The molecule has 0 heteroatoms. The van der Waals surface area contributed by atoms with Crippen LogP contribution < -0.4 is 0 Å². The van der Waals surface area contributed by atoms with Crippen molar-refractivity contribution in [2.75, 3.05) is 0 Å². The first-order valence-electron chi connectivity index (χ1n) is 3.77. The molecule has 0 aromatic heterocycles. The number of terminal acetylenes is 1. The van der Waals surface area contributed by atoms with Crippen molar-refractivity contribution >= 4 is 10.8 Å². The van der Waals surface area contributed by atoms with E-state index in [-0.39, 0.29) is 0 Å². The van der Waals surface area contributed by atoms with Gasteiger partial charge in [0.05, 0.1) is 0 Å². The maximum Gasteiger partial charge on any atom is 0.0248 e. The zero-order valence-corrected chi connectivity index (χ0v) is 6.54. The van der Waals surface area contributed by atoms with Gasteiger partial charge in [0.1, 0.15) is 0 Å². The summed E-state index contributed by atoms with van der Waals surface area (Å²) in [5.74, 6) is 2.61. The molecular formula is C12H7. The van der Waals surface area contributed by atoms with Gasteiger partial charge in [-0.2, -0.15) is 0 Å². The van der Waals surface area contributed by atoms with E-state index in [9.17, 15) is 0 Å². The fourth-order valence-electron chi connectivity index (χ4n) is 1.21. The van der Waals surface area contributed by atoms with Gasteiger partial charge in [-0.05, 0) is 29.0 Å². The summed E-state index contributed by atoms with van der Waals surface area (Å²) < 4.78 is 0. The Labute approximate surface area is 71.8 Å². The summed E-state index contributed by atoms with van der Waals surface area (Å²) in [5, 5.41) is 2.25. The van der Waals surface area contributed by atoms with Crippen LogP contribution in [0.15, 0.2) is 36.4 Å². The van der Waals surface area contributed by atoms with Crippen molar-refractivity contribution in [1.82, 2.24) is 0 Å². The molecule has 0 aliphatic heterocycles. The molecule has 0 atom stereocenters. The second-order valence-corrected chi connectivity index (χ2v) is 2.62. The Morgan fingerprint density at radius 1 is 1.25 bits per heavy atom. The van der Waals surface area contributed by atoms with Crippen LogP contribution in [0, 0.1) is 18.4 Å². The molecule has 1 radical (unpaired) electrons. The standard InChI is InChI=1S/C12H7/c1-2-10-7-8-11-5-3-4-6-12(11)9-10/h1,3-4,6-9H.